The van der Waals surface area contributed by atoms with Crippen LogP contribution in [0.15, 0.2) is 12.1 Å². The highest BCUT2D eigenvalue weighted by Gasteiger charge is 2.19. The van der Waals surface area contributed by atoms with Crippen molar-refractivity contribution < 1.29 is 23.4 Å². The summed E-state index contributed by atoms with van der Waals surface area (Å²) in [5.41, 5.74) is -0.845. The summed E-state index contributed by atoms with van der Waals surface area (Å²) in [6, 6.07) is 1.30. The van der Waals surface area contributed by atoms with E-state index < -0.39 is 35.7 Å². The Morgan fingerprint density at radius 1 is 1.15 bits per heavy atom. The minimum atomic E-state index is -1.74. The molecule has 1 atom stereocenters. The molecule has 5 heteroatoms. The van der Waals surface area contributed by atoms with Crippen LogP contribution in [-0.2, 0) is 0 Å². The summed E-state index contributed by atoms with van der Waals surface area (Å²) < 4.78 is 38.1. The minimum absolute atomic E-state index is 0.609. The quantitative estimate of drug-likeness (QED) is 0.689. The molecule has 0 amide bonds. The van der Waals surface area contributed by atoms with Gasteiger partial charge in [0.25, 0.3) is 0 Å². The molecule has 1 unspecified atom stereocenters. The molecule has 0 aliphatic heterocycles. The van der Waals surface area contributed by atoms with Crippen molar-refractivity contribution in [2.45, 2.75) is 6.10 Å². The van der Waals surface area contributed by atoms with Gasteiger partial charge in [-0.3, -0.25) is 0 Å². The van der Waals surface area contributed by atoms with Crippen molar-refractivity contribution in [2.75, 3.05) is 6.61 Å². The van der Waals surface area contributed by atoms with Gasteiger partial charge in [0, 0.05) is 0 Å². The molecule has 0 aliphatic carbocycles. The van der Waals surface area contributed by atoms with Gasteiger partial charge in [-0.05, 0) is 12.1 Å². The number of hydrogen-bond acceptors (Lipinski definition) is 2. The van der Waals surface area contributed by atoms with Gasteiger partial charge in [0.15, 0.2) is 11.6 Å². The molecule has 0 aliphatic rings. The molecule has 0 saturated carbocycles. The molecule has 13 heavy (non-hydrogen) atoms. The highest BCUT2D eigenvalue weighted by atomic mass is 19.2. The Labute approximate surface area is 72.2 Å². The molecule has 1 aromatic rings. The Kier molecular flexibility index (Phi) is 2.90. The second-order valence-electron chi connectivity index (χ2n) is 2.46. The Morgan fingerprint density at radius 3 is 2.23 bits per heavy atom. The maximum absolute atomic E-state index is 12.8. The van der Waals surface area contributed by atoms with E-state index in [1.807, 2.05) is 0 Å². The molecule has 0 aromatic heterocycles. The molecule has 1 rings (SSSR count). The molecule has 0 heterocycles. The second kappa shape index (κ2) is 3.76. The summed E-state index contributed by atoms with van der Waals surface area (Å²) in [4.78, 5) is 0. The topological polar surface area (TPSA) is 40.5 Å². The normalized spacial score (nSPS) is 13.0. The average Bonchev–Trinajstić information content (AvgIpc) is 2.12. The first-order valence-corrected chi connectivity index (χ1v) is 3.50. The molecule has 2 nitrogen and oxygen atoms in total. The second-order valence-corrected chi connectivity index (χ2v) is 2.46. The summed E-state index contributed by atoms with van der Waals surface area (Å²) in [7, 11) is 0. The lowest BCUT2D eigenvalue weighted by Gasteiger charge is -2.09. The van der Waals surface area contributed by atoms with Gasteiger partial charge in [-0.25, -0.2) is 13.2 Å². The van der Waals surface area contributed by atoms with Crippen LogP contribution in [0.1, 0.15) is 11.7 Å². The van der Waals surface area contributed by atoms with Crippen LogP contribution in [0.2, 0.25) is 0 Å². The maximum atomic E-state index is 12.8. The van der Waals surface area contributed by atoms with Crippen LogP contribution in [0.5, 0.6) is 0 Å². The van der Waals surface area contributed by atoms with Crippen molar-refractivity contribution in [3.8, 4) is 0 Å². The number of aliphatic hydroxyl groups excluding tert-OH is 2. The third kappa shape index (κ3) is 1.81. The van der Waals surface area contributed by atoms with Gasteiger partial charge < -0.3 is 10.2 Å². The molecule has 0 bridgehead atoms. The van der Waals surface area contributed by atoms with Gasteiger partial charge in [-0.1, -0.05) is 0 Å². The summed E-state index contributed by atoms with van der Waals surface area (Å²) in [6.07, 6.45) is -1.74. The zero-order valence-electron chi connectivity index (χ0n) is 6.47. The van der Waals surface area contributed by atoms with Gasteiger partial charge in [-0.2, -0.15) is 0 Å². The van der Waals surface area contributed by atoms with Gasteiger partial charge in [0.2, 0.25) is 0 Å². The van der Waals surface area contributed by atoms with E-state index in [-0.39, 0.29) is 0 Å². The first-order valence-electron chi connectivity index (χ1n) is 3.50. The third-order valence-electron chi connectivity index (χ3n) is 1.59. The fourth-order valence-electron chi connectivity index (χ4n) is 0.939. The van der Waals surface area contributed by atoms with Crippen LogP contribution in [0.4, 0.5) is 13.2 Å². The summed E-state index contributed by atoms with van der Waals surface area (Å²) in [6.45, 7) is -0.864. The highest BCUT2D eigenvalue weighted by Crippen LogP contribution is 2.22. The van der Waals surface area contributed by atoms with Crippen molar-refractivity contribution >= 4 is 0 Å². The minimum Gasteiger partial charge on any atom is -0.393 e. The Bertz CT molecular complexity index is 315. The van der Waals surface area contributed by atoms with E-state index in [0.29, 0.717) is 12.1 Å². The van der Waals surface area contributed by atoms with Crippen LogP contribution in [0, 0.1) is 17.5 Å². The first-order chi connectivity index (χ1) is 6.07. The standard InChI is InChI=1S/C8H7F3O2/c9-4-1-2-5(10)8(11)7(4)6(13)3-12/h1-2,6,12-13H,3H2. The van der Waals surface area contributed by atoms with Crippen LogP contribution >= 0.6 is 0 Å². The molecular formula is C8H7F3O2. The highest BCUT2D eigenvalue weighted by molar-refractivity contribution is 5.23. The number of rotatable bonds is 2. The lowest BCUT2D eigenvalue weighted by atomic mass is 10.1. The summed E-state index contributed by atoms with van der Waals surface area (Å²) in [5.74, 6) is -3.81. The van der Waals surface area contributed by atoms with Crippen LogP contribution in [-0.4, -0.2) is 16.8 Å². The van der Waals surface area contributed by atoms with Crippen molar-refractivity contribution in [3.63, 3.8) is 0 Å². The van der Waals surface area contributed by atoms with E-state index in [1.165, 1.54) is 0 Å². The third-order valence-corrected chi connectivity index (χ3v) is 1.59. The predicted octanol–water partition coefficient (Wildman–Crippen LogP) is 1.13. The monoisotopic (exact) mass is 192 g/mol. The lowest BCUT2D eigenvalue weighted by Crippen LogP contribution is -2.09. The summed E-state index contributed by atoms with van der Waals surface area (Å²) in [5, 5.41) is 17.3. The van der Waals surface area contributed by atoms with Crippen LogP contribution < -0.4 is 0 Å². The van der Waals surface area contributed by atoms with E-state index in [9.17, 15) is 13.2 Å². The van der Waals surface area contributed by atoms with Crippen LogP contribution in [0.25, 0.3) is 0 Å². The molecule has 0 fully saturated rings. The predicted molar refractivity (Wildman–Crippen MR) is 38.4 cm³/mol. The van der Waals surface area contributed by atoms with Crippen molar-refractivity contribution in [2.24, 2.45) is 0 Å². The Balaban J connectivity index is 3.25. The van der Waals surface area contributed by atoms with Crippen LogP contribution in [0.3, 0.4) is 0 Å². The van der Waals surface area contributed by atoms with Gasteiger partial charge in [-0.15, -0.1) is 0 Å². The molecule has 0 radical (unpaired) electrons. The fraction of sp³-hybridized carbons (Fsp3) is 0.250. The Hall–Kier alpha value is -1.07. The summed E-state index contributed by atoms with van der Waals surface area (Å²) >= 11 is 0. The molecule has 0 saturated heterocycles. The zero-order valence-corrected chi connectivity index (χ0v) is 6.47. The SMILES string of the molecule is OCC(O)c1c(F)ccc(F)c1F. The van der Waals surface area contributed by atoms with E-state index in [1.54, 1.807) is 0 Å². The maximum Gasteiger partial charge on any atom is 0.167 e. The molecule has 72 valence electrons. The van der Waals surface area contributed by atoms with E-state index in [2.05, 4.69) is 0 Å². The van der Waals surface area contributed by atoms with Crippen molar-refractivity contribution in [3.05, 3.63) is 35.1 Å². The van der Waals surface area contributed by atoms with Crippen molar-refractivity contribution in [1.82, 2.24) is 0 Å². The molecular weight excluding hydrogens is 185 g/mol. The number of hydrogen-bond donors (Lipinski definition) is 2. The smallest absolute Gasteiger partial charge is 0.167 e. The zero-order chi connectivity index (χ0) is 10.0. The van der Waals surface area contributed by atoms with Gasteiger partial charge >= 0.3 is 0 Å². The first kappa shape index (κ1) is 10.0. The Morgan fingerprint density at radius 2 is 1.69 bits per heavy atom. The average molecular weight is 192 g/mol. The van der Waals surface area contributed by atoms with Gasteiger partial charge in [0.05, 0.1) is 12.2 Å². The molecule has 1 aromatic carbocycles. The number of benzene rings is 1. The molecule has 0 spiro atoms. The van der Waals surface area contributed by atoms with Gasteiger partial charge in [0.1, 0.15) is 11.9 Å². The number of aliphatic hydroxyl groups is 2. The lowest BCUT2D eigenvalue weighted by molar-refractivity contribution is 0.0887. The fourth-order valence-corrected chi connectivity index (χ4v) is 0.939. The van der Waals surface area contributed by atoms with Crippen molar-refractivity contribution in [1.29, 1.82) is 0 Å². The van der Waals surface area contributed by atoms with E-state index in [0.717, 1.165) is 0 Å². The largest absolute Gasteiger partial charge is 0.393 e. The van der Waals surface area contributed by atoms with E-state index in [4.69, 9.17) is 10.2 Å². The van der Waals surface area contributed by atoms with E-state index >= 15 is 0 Å². The number of halogens is 3. The molecule has 2 N–H and O–H groups in total.